The monoisotopic (exact) mass is 247 g/mol. The van der Waals surface area contributed by atoms with Crippen molar-refractivity contribution in [2.75, 3.05) is 14.2 Å². The second-order valence-corrected chi connectivity index (χ2v) is 4.77. The summed E-state index contributed by atoms with van der Waals surface area (Å²) in [7, 11) is 3.30. The fourth-order valence-corrected chi connectivity index (χ4v) is 2.06. The van der Waals surface area contributed by atoms with Gasteiger partial charge in [0.1, 0.15) is 11.5 Å². The lowest BCUT2D eigenvalue weighted by atomic mass is 9.89. The van der Waals surface area contributed by atoms with Crippen LogP contribution in [0.15, 0.2) is 12.1 Å². The van der Waals surface area contributed by atoms with Gasteiger partial charge < -0.3 is 9.47 Å². The lowest BCUT2D eigenvalue weighted by molar-refractivity contribution is 0.380. The van der Waals surface area contributed by atoms with Crippen molar-refractivity contribution in [1.82, 2.24) is 0 Å². The van der Waals surface area contributed by atoms with Gasteiger partial charge in [-0.1, -0.05) is 19.9 Å². The van der Waals surface area contributed by atoms with Crippen molar-refractivity contribution in [3.05, 3.63) is 23.3 Å². The van der Waals surface area contributed by atoms with Gasteiger partial charge in [-0.3, -0.25) is 0 Å². The molecule has 0 N–H and O–H groups in total. The number of benzene rings is 1. The van der Waals surface area contributed by atoms with E-state index in [4.69, 9.17) is 9.47 Å². The Labute approximate surface area is 109 Å². The maximum Gasteiger partial charge on any atom is 0.128 e. The highest BCUT2D eigenvalue weighted by Crippen LogP contribution is 2.33. The van der Waals surface area contributed by atoms with E-state index in [9.17, 15) is 5.26 Å². The largest absolute Gasteiger partial charge is 0.496 e. The van der Waals surface area contributed by atoms with Gasteiger partial charge in [-0.25, -0.2) is 0 Å². The zero-order chi connectivity index (χ0) is 13.7. The first-order valence-corrected chi connectivity index (χ1v) is 6.15. The van der Waals surface area contributed by atoms with Crippen molar-refractivity contribution < 1.29 is 9.47 Å². The third-order valence-corrected chi connectivity index (χ3v) is 3.27. The smallest absolute Gasteiger partial charge is 0.128 e. The van der Waals surface area contributed by atoms with Gasteiger partial charge in [-0.2, -0.15) is 5.26 Å². The molecule has 0 saturated heterocycles. The second kappa shape index (κ2) is 6.30. The number of rotatable bonds is 5. The molecule has 98 valence electrons. The number of methoxy groups -OCH3 is 2. The Morgan fingerprint density at radius 3 is 2.33 bits per heavy atom. The van der Waals surface area contributed by atoms with E-state index in [0.717, 1.165) is 22.6 Å². The summed E-state index contributed by atoms with van der Waals surface area (Å²) in [6.07, 6.45) is 0.710. The summed E-state index contributed by atoms with van der Waals surface area (Å²) in [5.74, 6) is 1.98. The van der Waals surface area contributed by atoms with Crippen LogP contribution in [0.1, 0.15) is 25.0 Å². The average molecular weight is 247 g/mol. The summed E-state index contributed by atoms with van der Waals surface area (Å²) in [6, 6.07) is 6.28. The maximum absolute atomic E-state index is 9.18. The SMILES string of the molecule is COc1ccc(CC(C#N)C(C)C)c(OC)c1C. The molecule has 0 fully saturated rings. The minimum Gasteiger partial charge on any atom is -0.496 e. The second-order valence-electron chi connectivity index (χ2n) is 4.77. The summed E-state index contributed by atoms with van der Waals surface area (Å²) >= 11 is 0. The van der Waals surface area contributed by atoms with Crippen LogP contribution in [0.25, 0.3) is 0 Å². The molecule has 0 heterocycles. The van der Waals surface area contributed by atoms with Crippen LogP contribution in [0.2, 0.25) is 0 Å². The summed E-state index contributed by atoms with van der Waals surface area (Å²) in [5, 5.41) is 9.18. The molecule has 1 aromatic rings. The molecule has 0 radical (unpaired) electrons. The highest BCUT2D eigenvalue weighted by Gasteiger charge is 2.18. The van der Waals surface area contributed by atoms with E-state index in [1.165, 1.54) is 0 Å². The quantitative estimate of drug-likeness (QED) is 0.801. The third-order valence-electron chi connectivity index (χ3n) is 3.27. The first-order chi connectivity index (χ1) is 8.54. The molecule has 0 aliphatic carbocycles. The predicted octanol–water partition coefficient (Wildman–Crippen LogP) is 3.35. The molecule has 0 aliphatic heterocycles. The Kier molecular flexibility index (Phi) is 5.03. The highest BCUT2D eigenvalue weighted by atomic mass is 16.5. The standard InChI is InChI=1S/C15H21NO2/c1-10(2)13(9-16)8-12-6-7-14(17-4)11(3)15(12)18-5/h6-7,10,13H,8H2,1-5H3. The van der Waals surface area contributed by atoms with Crippen molar-refractivity contribution in [3.8, 4) is 17.6 Å². The Morgan fingerprint density at radius 1 is 1.22 bits per heavy atom. The Bertz CT molecular complexity index is 447. The molecule has 0 amide bonds. The average Bonchev–Trinajstić information content (AvgIpc) is 2.35. The van der Waals surface area contributed by atoms with Crippen molar-refractivity contribution in [2.45, 2.75) is 27.2 Å². The van der Waals surface area contributed by atoms with Crippen molar-refractivity contribution in [3.63, 3.8) is 0 Å². The third kappa shape index (κ3) is 2.95. The zero-order valence-electron chi connectivity index (χ0n) is 11.8. The highest BCUT2D eigenvalue weighted by molar-refractivity contribution is 5.49. The zero-order valence-corrected chi connectivity index (χ0v) is 11.8. The Morgan fingerprint density at radius 2 is 1.89 bits per heavy atom. The van der Waals surface area contributed by atoms with E-state index in [1.807, 2.05) is 19.1 Å². The van der Waals surface area contributed by atoms with Crippen LogP contribution in [0.4, 0.5) is 0 Å². The van der Waals surface area contributed by atoms with Gasteiger partial charge in [0, 0.05) is 5.56 Å². The van der Waals surface area contributed by atoms with E-state index in [2.05, 4.69) is 19.9 Å². The number of nitriles is 1. The van der Waals surface area contributed by atoms with Gasteiger partial charge in [0.05, 0.1) is 26.2 Å². The molecule has 1 rings (SSSR count). The molecule has 3 nitrogen and oxygen atoms in total. The van der Waals surface area contributed by atoms with E-state index >= 15 is 0 Å². The van der Waals surface area contributed by atoms with Crippen molar-refractivity contribution in [2.24, 2.45) is 11.8 Å². The number of nitrogens with zero attached hydrogens (tertiary/aromatic N) is 1. The summed E-state index contributed by atoms with van der Waals surface area (Å²) in [4.78, 5) is 0. The Balaban J connectivity index is 3.10. The number of hydrogen-bond donors (Lipinski definition) is 0. The van der Waals surface area contributed by atoms with Crippen LogP contribution in [-0.4, -0.2) is 14.2 Å². The first-order valence-electron chi connectivity index (χ1n) is 6.15. The van der Waals surface area contributed by atoms with E-state index in [-0.39, 0.29) is 5.92 Å². The molecule has 1 atom stereocenters. The predicted molar refractivity (Wildman–Crippen MR) is 71.9 cm³/mol. The fourth-order valence-electron chi connectivity index (χ4n) is 2.06. The van der Waals surface area contributed by atoms with Crippen LogP contribution in [-0.2, 0) is 6.42 Å². The van der Waals surface area contributed by atoms with Gasteiger partial charge in [0.25, 0.3) is 0 Å². The van der Waals surface area contributed by atoms with Crippen LogP contribution in [0.5, 0.6) is 11.5 Å². The van der Waals surface area contributed by atoms with E-state index in [0.29, 0.717) is 12.3 Å². The molecule has 1 aromatic carbocycles. The summed E-state index contributed by atoms with van der Waals surface area (Å²) in [5.41, 5.74) is 2.05. The molecule has 0 spiro atoms. The molecule has 18 heavy (non-hydrogen) atoms. The summed E-state index contributed by atoms with van der Waals surface area (Å²) < 4.78 is 10.7. The molecule has 3 heteroatoms. The minimum absolute atomic E-state index is 0.00620. The lowest BCUT2D eigenvalue weighted by Gasteiger charge is -2.18. The maximum atomic E-state index is 9.18. The molecule has 0 aliphatic rings. The van der Waals surface area contributed by atoms with Crippen LogP contribution >= 0.6 is 0 Å². The molecule has 0 bridgehead atoms. The number of ether oxygens (including phenoxy) is 2. The van der Waals surface area contributed by atoms with Gasteiger partial charge in [-0.15, -0.1) is 0 Å². The lowest BCUT2D eigenvalue weighted by Crippen LogP contribution is -2.10. The van der Waals surface area contributed by atoms with E-state index < -0.39 is 0 Å². The molecule has 1 unspecified atom stereocenters. The first kappa shape index (κ1) is 14.4. The molecular formula is C15H21NO2. The van der Waals surface area contributed by atoms with Gasteiger partial charge in [-0.05, 0) is 30.9 Å². The Hall–Kier alpha value is -1.69. The van der Waals surface area contributed by atoms with Crippen molar-refractivity contribution in [1.29, 1.82) is 5.26 Å². The van der Waals surface area contributed by atoms with Gasteiger partial charge in [0.2, 0.25) is 0 Å². The van der Waals surface area contributed by atoms with Crippen LogP contribution in [0, 0.1) is 30.1 Å². The van der Waals surface area contributed by atoms with E-state index in [1.54, 1.807) is 14.2 Å². The molecule has 0 saturated carbocycles. The summed E-state index contributed by atoms with van der Waals surface area (Å²) in [6.45, 7) is 6.10. The molecule has 0 aromatic heterocycles. The van der Waals surface area contributed by atoms with Crippen LogP contribution in [0.3, 0.4) is 0 Å². The topological polar surface area (TPSA) is 42.2 Å². The normalized spacial score (nSPS) is 12.1. The van der Waals surface area contributed by atoms with Gasteiger partial charge in [0.15, 0.2) is 0 Å². The minimum atomic E-state index is 0.00620. The van der Waals surface area contributed by atoms with Gasteiger partial charge >= 0.3 is 0 Å². The fraction of sp³-hybridized carbons (Fsp3) is 0.533. The van der Waals surface area contributed by atoms with Crippen molar-refractivity contribution >= 4 is 0 Å². The van der Waals surface area contributed by atoms with Crippen LogP contribution < -0.4 is 9.47 Å². The molecular weight excluding hydrogens is 226 g/mol. The number of hydrogen-bond acceptors (Lipinski definition) is 3.